The number of carbonyl (C=O) groups is 2. The van der Waals surface area contributed by atoms with Crippen molar-refractivity contribution in [1.29, 1.82) is 0 Å². The van der Waals surface area contributed by atoms with Gasteiger partial charge in [-0.25, -0.2) is 4.79 Å². The van der Waals surface area contributed by atoms with Crippen LogP contribution in [0.15, 0.2) is 24.3 Å². The van der Waals surface area contributed by atoms with E-state index in [0.29, 0.717) is 5.56 Å². The van der Waals surface area contributed by atoms with E-state index in [0.717, 1.165) is 18.4 Å². The first-order chi connectivity index (χ1) is 8.43. The molecule has 4 heteroatoms. The molecule has 1 atom stereocenters. The quantitative estimate of drug-likeness (QED) is 0.855. The molecule has 1 aliphatic rings. The molecule has 0 aromatic heterocycles. The maximum Gasteiger partial charge on any atom is 0.329 e. The van der Waals surface area contributed by atoms with E-state index in [-0.39, 0.29) is 11.8 Å². The number of carboxylic acids is 1. The second-order valence-electron chi connectivity index (χ2n) is 5.10. The number of rotatable bonds is 4. The van der Waals surface area contributed by atoms with Gasteiger partial charge in [0.2, 0.25) is 0 Å². The van der Waals surface area contributed by atoms with Gasteiger partial charge < -0.3 is 10.4 Å². The van der Waals surface area contributed by atoms with Crippen LogP contribution in [0.4, 0.5) is 0 Å². The first-order valence-corrected chi connectivity index (χ1v) is 6.06. The summed E-state index contributed by atoms with van der Waals surface area (Å²) in [7, 11) is 0. The second kappa shape index (κ2) is 4.44. The highest BCUT2D eigenvalue weighted by Crippen LogP contribution is 2.39. The fourth-order valence-corrected chi connectivity index (χ4v) is 2.00. The Hall–Kier alpha value is -1.84. The largest absolute Gasteiger partial charge is 0.480 e. The highest BCUT2D eigenvalue weighted by atomic mass is 16.4. The average molecular weight is 247 g/mol. The zero-order valence-electron chi connectivity index (χ0n) is 10.6. The van der Waals surface area contributed by atoms with Crippen LogP contribution in [0.1, 0.15) is 35.7 Å². The van der Waals surface area contributed by atoms with Gasteiger partial charge in [-0.2, -0.15) is 0 Å². The van der Waals surface area contributed by atoms with Crippen molar-refractivity contribution in [2.75, 3.05) is 0 Å². The van der Waals surface area contributed by atoms with Crippen molar-refractivity contribution in [1.82, 2.24) is 5.32 Å². The Bertz CT molecular complexity index is 476. The van der Waals surface area contributed by atoms with E-state index in [1.807, 2.05) is 19.1 Å². The minimum atomic E-state index is -1.15. The lowest BCUT2D eigenvalue weighted by Gasteiger charge is -2.26. The summed E-state index contributed by atoms with van der Waals surface area (Å²) in [5, 5.41) is 11.9. The molecule has 18 heavy (non-hydrogen) atoms. The number of benzene rings is 1. The molecule has 0 aliphatic heterocycles. The number of hydrogen-bond acceptors (Lipinski definition) is 2. The zero-order chi connectivity index (χ0) is 13.3. The summed E-state index contributed by atoms with van der Waals surface area (Å²) in [6.45, 7) is 3.52. The zero-order valence-corrected chi connectivity index (χ0v) is 10.6. The van der Waals surface area contributed by atoms with Crippen molar-refractivity contribution in [2.45, 2.75) is 32.2 Å². The van der Waals surface area contributed by atoms with Crippen LogP contribution in [-0.4, -0.2) is 22.5 Å². The Kier molecular flexibility index (Phi) is 3.11. The van der Waals surface area contributed by atoms with Gasteiger partial charge in [0.15, 0.2) is 0 Å². The van der Waals surface area contributed by atoms with Gasteiger partial charge in [-0.15, -0.1) is 0 Å². The molecule has 1 saturated carbocycles. The van der Waals surface area contributed by atoms with Crippen LogP contribution >= 0.6 is 0 Å². The third-order valence-corrected chi connectivity index (χ3v) is 3.53. The molecule has 0 radical (unpaired) electrons. The summed E-state index contributed by atoms with van der Waals surface area (Å²) in [6.07, 6.45) is 1.72. The molecule has 1 aromatic rings. The van der Waals surface area contributed by atoms with Crippen LogP contribution in [0, 0.1) is 12.8 Å². The molecule has 0 bridgehead atoms. The lowest BCUT2D eigenvalue weighted by atomic mass is 9.95. The summed E-state index contributed by atoms with van der Waals surface area (Å²) in [4.78, 5) is 23.3. The maximum absolute atomic E-state index is 12.0. The summed E-state index contributed by atoms with van der Waals surface area (Å²) >= 11 is 0. The normalized spacial score (nSPS) is 17.9. The molecule has 1 amide bonds. The van der Waals surface area contributed by atoms with E-state index in [1.54, 1.807) is 19.1 Å². The molecule has 4 nitrogen and oxygen atoms in total. The van der Waals surface area contributed by atoms with Gasteiger partial charge in [-0.05, 0) is 44.7 Å². The molecule has 1 unspecified atom stereocenters. The van der Waals surface area contributed by atoms with Gasteiger partial charge in [-0.3, -0.25) is 4.79 Å². The molecule has 1 aliphatic carbocycles. The average Bonchev–Trinajstić information content (AvgIpc) is 3.13. The van der Waals surface area contributed by atoms with Gasteiger partial charge >= 0.3 is 5.97 Å². The van der Waals surface area contributed by atoms with Crippen molar-refractivity contribution in [3.63, 3.8) is 0 Å². The van der Waals surface area contributed by atoms with Crippen molar-refractivity contribution < 1.29 is 14.7 Å². The highest BCUT2D eigenvalue weighted by molar-refractivity contribution is 5.98. The molecular formula is C14H17NO3. The van der Waals surface area contributed by atoms with E-state index < -0.39 is 11.5 Å². The van der Waals surface area contributed by atoms with Crippen molar-refractivity contribution in [3.05, 3.63) is 35.4 Å². The fourth-order valence-electron chi connectivity index (χ4n) is 2.00. The summed E-state index contributed by atoms with van der Waals surface area (Å²) in [5.74, 6) is -1.25. The SMILES string of the molecule is Cc1ccc(C(=O)NC(C)(C(=O)O)C2CC2)cc1. The van der Waals surface area contributed by atoms with Gasteiger partial charge in [-0.1, -0.05) is 17.7 Å². The topological polar surface area (TPSA) is 66.4 Å². The van der Waals surface area contributed by atoms with E-state index in [1.165, 1.54) is 0 Å². The van der Waals surface area contributed by atoms with E-state index in [4.69, 9.17) is 0 Å². The number of amides is 1. The minimum Gasteiger partial charge on any atom is -0.480 e. The van der Waals surface area contributed by atoms with Crippen LogP contribution in [0.25, 0.3) is 0 Å². The van der Waals surface area contributed by atoms with Gasteiger partial charge in [0.1, 0.15) is 5.54 Å². The molecule has 0 saturated heterocycles. The van der Waals surface area contributed by atoms with Crippen molar-refractivity contribution in [2.24, 2.45) is 5.92 Å². The van der Waals surface area contributed by atoms with Crippen LogP contribution < -0.4 is 5.32 Å². The fraction of sp³-hybridized carbons (Fsp3) is 0.429. The van der Waals surface area contributed by atoms with Crippen LogP contribution in [-0.2, 0) is 4.79 Å². The van der Waals surface area contributed by atoms with Gasteiger partial charge in [0.05, 0.1) is 0 Å². The Morgan fingerprint density at radius 2 is 1.83 bits per heavy atom. The molecule has 96 valence electrons. The summed E-state index contributed by atoms with van der Waals surface area (Å²) in [6, 6.07) is 7.09. The highest BCUT2D eigenvalue weighted by Gasteiger charge is 2.48. The minimum absolute atomic E-state index is 0.0457. The van der Waals surface area contributed by atoms with E-state index in [2.05, 4.69) is 5.32 Å². The monoisotopic (exact) mass is 247 g/mol. The number of aryl methyl sites for hydroxylation is 1. The van der Waals surface area contributed by atoms with Crippen molar-refractivity contribution >= 4 is 11.9 Å². The number of hydrogen-bond donors (Lipinski definition) is 2. The number of nitrogens with one attached hydrogen (secondary N) is 1. The van der Waals surface area contributed by atoms with E-state index in [9.17, 15) is 14.7 Å². The lowest BCUT2D eigenvalue weighted by Crippen LogP contribution is -2.54. The van der Waals surface area contributed by atoms with Crippen LogP contribution in [0.2, 0.25) is 0 Å². The molecule has 0 spiro atoms. The molecule has 0 heterocycles. The first kappa shape index (κ1) is 12.6. The Labute approximate surface area is 106 Å². The summed E-state index contributed by atoms with van der Waals surface area (Å²) in [5.41, 5.74) is 0.408. The molecule has 2 rings (SSSR count). The third kappa shape index (κ3) is 2.37. The molecular weight excluding hydrogens is 230 g/mol. The molecule has 2 N–H and O–H groups in total. The number of carbonyl (C=O) groups excluding carboxylic acids is 1. The third-order valence-electron chi connectivity index (χ3n) is 3.53. The predicted octanol–water partition coefficient (Wildman–Crippen LogP) is 1.98. The maximum atomic E-state index is 12.0. The van der Waals surface area contributed by atoms with E-state index >= 15 is 0 Å². The van der Waals surface area contributed by atoms with Gasteiger partial charge in [0.25, 0.3) is 5.91 Å². The van der Waals surface area contributed by atoms with Crippen molar-refractivity contribution in [3.8, 4) is 0 Å². The molecule has 1 aromatic carbocycles. The van der Waals surface area contributed by atoms with Crippen LogP contribution in [0.3, 0.4) is 0 Å². The first-order valence-electron chi connectivity index (χ1n) is 6.06. The number of carboxylic acid groups (broad SMARTS) is 1. The van der Waals surface area contributed by atoms with Gasteiger partial charge in [0, 0.05) is 5.56 Å². The predicted molar refractivity (Wildman–Crippen MR) is 67.4 cm³/mol. The lowest BCUT2D eigenvalue weighted by molar-refractivity contribution is -0.144. The Morgan fingerprint density at radius 1 is 1.28 bits per heavy atom. The number of aliphatic carboxylic acids is 1. The standard InChI is InChI=1S/C14H17NO3/c1-9-3-5-10(6-4-9)12(16)15-14(2,13(17)18)11-7-8-11/h3-6,11H,7-8H2,1-2H3,(H,15,16)(H,17,18). The van der Waals surface area contributed by atoms with Crippen LogP contribution in [0.5, 0.6) is 0 Å². The Morgan fingerprint density at radius 3 is 2.28 bits per heavy atom. The Balaban J connectivity index is 2.15. The molecule has 1 fully saturated rings. The summed E-state index contributed by atoms with van der Waals surface area (Å²) < 4.78 is 0. The smallest absolute Gasteiger partial charge is 0.329 e. The second-order valence-corrected chi connectivity index (χ2v) is 5.10.